The van der Waals surface area contributed by atoms with Gasteiger partial charge in [0.05, 0.1) is 19.8 Å². The predicted octanol–water partition coefficient (Wildman–Crippen LogP) is 1.50. The number of benzene rings is 1. The lowest BCUT2D eigenvalue weighted by atomic mass is 10.1. The number of hydrogen-bond acceptors (Lipinski definition) is 4. The first-order valence-corrected chi connectivity index (χ1v) is 4.61. The highest BCUT2D eigenvalue weighted by Gasteiger charge is 2.10. The van der Waals surface area contributed by atoms with Crippen molar-refractivity contribution in [3.63, 3.8) is 0 Å². The molecule has 0 amide bonds. The largest absolute Gasteiger partial charge is 0.497 e. The Balaban J connectivity index is 3.17. The fourth-order valence-electron chi connectivity index (χ4n) is 1.24. The smallest absolute Gasteiger partial charge is 0.337 e. The van der Waals surface area contributed by atoms with Crippen LogP contribution >= 0.6 is 0 Å². The van der Waals surface area contributed by atoms with Crippen LogP contribution in [0.4, 0.5) is 0 Å². The van der Waals surface area contributed by atoms with Crippen LogP contribution in [0.3, 0.4) is 0 Å². The standard InChI is InChI=1S/C11H15NO3/c1-7(12)8-4-9(11(13)15-3)6-10(5-8)14-2/h4-7H,12H2,1-3H3. The zero-order valence-electron chi connectivity index (χ0n) is 9.11. The first kappa shape index (κ1) is 11.5. The van der Waals surface area contributed by atoms with Crippen LogP contribution in [-0.4, -0.2) is 20.2 Å². The van der Waals surface area contributed by atoms with Gasteiger partial charge in [-0.15, -0.1) is 0 Å². The van der Waals surface area contributed by atoms with Crippen LogP contribution in [-0.2, 0) is 4.74 Å². The lowest BCUT2D eigenvalue weighted by molar-refractivity contribution is 0.0600. The third kappa shape index (κ3) is 2.70. The van der Waals surface area contributed by atoms with E-state index in [2.05, 4.69) is 4.74 Å². The van der Waals surface area contributed by atoms with Gasteiger partial charge in [-0.05, 0) is 30.7 Å². The second-order valence-electron chi connectivity index (χ2n) is 3.28. The highest BCUT2D eigenvalue weighted by Crippen LogP contribution is 2.21. The molecule has 0 radical (unpaired) electrons. The molecule has 0 spiro atoms. The fraction of sp³-hybridized carbons (Fsp3) is 0.364. The third-order valence-electron chi connectivity index (χ3n) is 2.11. The molecule has 0 saturated heterocycles. The molecule has 0 aliphatic rings. The summed E-state index contributed by atoms with van der Waals surface area (Å²) in [5.41, 5.74) is 7.03. The Bertz CT molecular complexity index is 361. The second-order valence-corrected chi connectivity index (χ2v) is 3.28. The lowest BCUT2D eigenvalue weighted by Gasteiger charge is -2.10. The van der Waals surface area contributed by atoms with Gasteiger partial charge in [0.25, 0.3) is 0 Å². The van der Waals surface area contributed by atoms with E-state index in [0.29, 0.717) is 11.3 Å². The summed E-state index contributed by atoms with van der Waals surface area (Å²) in [5, 5.41) is 0. The van der Waals surface area contributed by atoms with Gasteiger partial charge in [-0.1, -0.05) is 0 Å². The molecule has 1 aromatic rings. The molecule has 2 N–H and O–H groups in total. The highest BCUT2D eigenvalue weighted by molar-refractivity contribution is 5.90. The minimum atomic E-state index is -0.393. The lowest BCUT2D eigenvalue weighted by Crippen LogP contribution is -2.08. The summed E-state index contributed by atoms with van der Waals surface area (Å²) in [4.78, 5) is 11.3. The zero-order chi connectivity index (χ0) is 11.4. The van der Waals surface area contributed by atoms with Crippen LogP contribution in [0.2, 0.25) is 0 Å². The van der Waals surface area contributed by atoms with E-state index in [1.165, 1.54) is 7.11 Å². The van der Waals surface area contributed by atoms with Gasteiger partial charge < -0.3 is 15.2 Å². The molecule has 0 aromatic heterocycles. The van der Waals surface area contributed by atoms with Crippen LogP contribution in [0.15, 0.2) is 18.2 Å². The van der Waals surface area contributed by atoms with E-state index in [-0.39, 0.29) is 6.04 Å². The van der Waals surface area contributed by atoms with Crippen molar-refractivity contribution < 1.29 is 14.3 Å². The van der Waals surface area contributed by atoms with Crippen LogP contribution < -0.4 is 10.5 Å². The molecule has 0 bridgehead atoms. The summed E-state index contributed by atoms with van der Waals surface area (Å²) < 4.78 is 9.71. The molecule has 0 fully saturated rings. The van der Waals surface area contributed by atoms with Crippen LogP contribution in [0.1, 0.15) is 28.9 Å². The molecule has 0 aliphatic carbocycles. The molecule has 1 aromatic carbocycles. The van der Waals surface area contributed by atoms with E-state index < -0.39 is 5.97 Å². The van der Waals surface area contributed by atoms with Crippen molar-refractivity contribution >= 4 is 5.97 Å². The Kier molecular flexibility index (Phi) is 3.68. The Morgan fingerprint density at radius 1 is 1.33 bits per heavy atom. The topological polar surface area (TPSA) is 61.5 Å². The molecule has 0 saturated carbocycles. The summed E-state index contributed by atoms with van der Waals surface area (Å²) in [6, 6.07) is 4.98. The van der Waals surface area contributed by atoms with Gasteiger partial charge in [-0.3, -0.25) is 0 Å². The van der Waals surface area contributed by atoms with E-state index in [1.54, 1.807) is 25.3 Å². The molecule has 82 valence electrons. The Labute approximate surface area is 89.0 Å². The molecule has 0 heterocycles. The van der Waals surface area contributed by atoms with E-state index in [4.69, 9.17) is 10.5 Å². The van der Waals surface area contributed by atoms with Gasteiger partial charge >= 0.3 is 5.97 Å². The average Bonchev–Trinajstić information content (AvgIpc) is 2.27. The van der Waals surface area contributed by atoms with Crippen molar-refractivity contribution in [1.82, 2.24) is 0 Å². The van der Waals surface area contributed by atoms with E-state index in [9.17, 15) is 4.79 Å². The van der Waals surface area contributed by atoms with Crippen molar-refractivity contribution in [2.45, 2.75) is 13.0 Å². The molecule has 4 heteroatoms. The van der Waals surface area contributed by atoms with Crippen molar-refractivity contribution in [3.8, 4) is 5.75 Å². The maximum Gasteiger partial charge on any atom is 0.337 e. The normalized spacial score (nSPS) is 12.0. The summed E-state index contributed by atoms with van der Waals surface area (Å²) in [7, 11) is 2.88. The van der Waals surface area contributed by atoms with Crippen molar-refractivity contribution in [2.24, 2.45) is 5.73 Å². The summed E-state index contributed by atoms with van der Waals surface area (Å²) in [5.74, 6) is 0.209. The van der Waals surface area contributed by atoms with Crippen LogP contribution in [0.5, 0.6) is 5.75 Å². The molecule has 0 aliphatic heterocycles. The summed E-state index contributed by atoms with van der Waals surface area (Å²) in [6.45, 7) is 1.84. The maximum absolute atomic E-state index is 11.3. The van der Waals surface area contributed by atoms with Crippen molar-refractivity contribution in [2.75, 3.05) is 14.2 Å². The first-order chi connectivity index (χ1) is 7.08. The van der Waals surface area contributed by atoms with Gasteiger partial charge in [0.2, 0.25) is 0 Å². The number of rotatable bonds is 3. The predicted molar refractivity (Wildman–Crippen MR) is 56.9 cm³/mol. The van der Waals surface area contributed by atoms with Crippen LogP contribution in [0.25, 0.3) is 0 Å². The van der Waals surface area contributed by atoms with E-state index in [0.717, 1.165) is 5.56 Å². The third-order valence-corrected chi connectivity index (χ3v) is 2.11. The number of nitrogens with two attached hydrogens (primary N) is 1. The Morgan fingerprint density at radius 3 is 2.47 bits per heavy atom. The minimum Gasteiger partial charge on any atom is -0.497 e. The average molecular weight is 209 g/mol. The van der Waals surface area contributed by atoms with E-state index >= 15 is 0 Å². The quantitative estimate of drug-likeness (QED) is 0.766. The molecule has 1 atom stereocenters. The molecular formula is C11H15NO3. The number of methoxy groups -OCH3 is 2. The van der Waals surface area contributed by atoms with Crippen molar-refractivity contribution in [1.29, 1.82) is 0 Å². The zero-order valence-corrected chi connectivity index (χ0v) is 9.11. The molecule has 15 heavy (non-hydrogen) atoms. The fourth-order valence-corrected chi connectivity index (χ4v) is 1.24. The number of hydrogen-bond donors (Lipinski definition) is 1. The van der Waals surface area contributed by atoms with Gasteiger partial charge in [0, 0.05) is 6.04 Å². The number of esters is 1. The molecule has 1 rings (SSSR count). The van der Waals surface area contributed by atoms with Crippen LogP contribution in [0, 0.1) is 0 Å². The van der Waals surface area contributed by atoms with Gasteiger partial charge in [-0.2, -0.15) is 0 Å². The van der Waals surface area contributed by atoms with Gasteiger partial charge in [0.15, 0.2) is 0 Å². The minimum absolute atomic E-state index is 0.150. The van der Waals surface area contributed by atoms with Crippen molar-refractivity contribution in [3.05, 3.63) is 29.3 Å². The highest BCUT2D eigenvalue weighted by atomic mass is 16.5. The second kappa shape index (κ2) is 4.79. The molecule has 1 unspecified atom stereocenters. The monoisotopic (exact) mass is 209 g/mol. The summed E-state index contributed by atoms with van der Waals surface area (Å²) in [6.07, 6.45) is 0. The first-order valence-electron chi connectivity index (χ1n) is 4.61. The number of carbonyl (C=O) groups is 1. The molecular weight excluding hydrogens is 194 g/mol. The van der Waals surface area contributed by atoms with Gasteiger partial charge in [0.1, 0.15) is 5.75 Å². The number of carbonyl (C=O) groups excluding carboxylic acids is 1. The van der Waals surface area contributed by atoms with Gasteiger partial charge in [-0.25, -0.2) is 4.79 Å². The Hall–Kier alpha value is -1.55. The maximum atomic E-state index is 11.3. The van der Waals surface area contributed by atoms with E-state index in [1.807, 2.05) is 6.92 Å². The number of ether oxygens (including phenoxy) is 2. The molecule has 4 nitrogen and oxygen atoms in total. The summed E-state index contributed by atoms with van der Waals surface area (Å²) >= 11 is 0. The SMILES string of the molecule is COC(=O)c1cc(OC)cc(C(C)N)c1. The Morgan fingerprint density at radius 2 is 2.00 bits per heavy atom.